The highest BCUT2D eigenvalue weighted by Gasteiger charge is 2.02. The Labute approximate surface area is 102 Å². The number of hydrogen-bond donors (Lipinski definition) is 1. The smallest absolute Gasteiger partial charge is 0.0560 e. The molecule has 0 aliphatic rings. The number of nitrogens with zero attached hydrogens (tertiary/aromatic N) is 2. The predicted molar refractivity (Wildman–Crippen MR) is 69.7 cm³/mol. The molecule has 0 saturated carbocycles. The monoisotopic (exact) mass is 229 g/mol. The van der Waals surface area contributed by atoms with E-state index in [2.05, 4.69) is 48.5 Å². The van der Waals surface area contributed by atoms with Crippen LogP contribution in [0.25, 0.3) is 0 Å². The van der Waals surface area contributed by atoms with E-state index >= 15 is 0 Å². The summed E-state index contributed by atoms with van der Waals surface area (Å²) >= 11 is 0. The molecule has 2 aromatic rings. The average molecular weight is 229 g/mol. The van der Waals surface area contributed by atoms with Crippen molar-refractivity contribution in [1.29, 1.82) is 0 Å². The number of aromatic nitrogens is 2. The van der Waals surface area contributed by atoms with Crippen molar-refractivity contribution in [2.24, 2.45) is 0 Å². The number of benzene rings is 1. The molecular formula is C14H19N3. The molecule has 1 unspecified atom stereocenters. The molecule has 0 fully saturated rings. The summed E-state index contributed by atoms with van der Waals surface area (Å²) < 4.78 is 1.95. The highest BCUT2D eigenvalue weighted by atomic mass is 15.3. The van der Waals surface area contributed by atoms with Gasteiger partial charge in [0.2, 0.25) is 0 Å². The minimum atomic E-state index is 0.412. The highest BCUT2D eigenvalue weighted by Crippen LogP contribution is 2.04. The second-order valence-corrected chi connectivity index (χ2v) is 4.50. The summed E-state index contributed by atoms with van der Waals surface area (Å²) in [5.74, 6) is 0. The second kappa shape index (κ2) is 5.64. The van der Waals surface area contributed by atoms with Gasteiger partial charge in [-0.1, -0.05) is 29.8 Å². The van der Waals surface area contributed by atoms with Crippen LogP contribution in [0, 0.1) is 6.92 Å². The average Bonchev–Trinajstić information content (AvgIpc) is 2.79. The standard InChI is InChI=1S/C14H19N3/c1-12-5-3-6-14(9-12)10-15-13(2)11-17-8-4-7-16-17/h3-9,13,15H,10-11H2,1-2H3. The first-order valence-corrected chi connectivity index (χ1v) is 6.00. The van der Waals surface area contributed by atoms with E-state index in [1.165, 1.54) is 11.1 Å². The van der Waals surface area contributed by atoms with Gasteiger partial charge < -0.3 is 5.32 Å². The lowest BCUT2D eigenvalue weighted by atomic mass is 10.1. The summed E-state index contributed by atoms with van der Waals surface area (Å²) in [6, 6.07) is 11.0. The van der Waals surface area contributed by atoms with Crippen molar-refractivity contribution in [2.75, 3.05) is 0 Å². The Morgan fingerprint density at radius 1 is 1.35 bits per heavy atom. The van der Waals surface area contributed by atoms with E-state index in [1.807, 2.05) is 23.1 Å². The molecule has 0 aliphatic heterocycles. The number of aryl methyl sites for hydroxylation is 1. The number of nitrogens with one attached hydrogen (secondary N) is 1. The van der Waals surface area contributed by atoms with E-state index in [9.17, 15) is 0 Å². The molecule has 0 bridgehead atoms. The Hall–Kier alpha value is -1.61. The molecule has 3 heteroatoms. The third-order valence-corrected chi connectivity index (χ3v) is 2.76. The van der Waals surface area contributed by atoms with Crippen molar-refractivity contribution in [1.82, 2.24) is 15.1 Å². The molecule has 0 saturated heterocycles. The number of rotatable bonds is 5. The van der Waals surface area contributed by atoms with Gasteiger partial charge in [-0.05, 0) is 25.5 Å². The topological polar surface area (TPSA) is 29.9 Å². The molecule has 0 radical (unpaired) electrons. The summed E-state index contributed by atoms with van der Waals surface area (Å²) in [6.07, 6.45) is 3.80. The first-order chi connectivity index (χ1) is 8.24. The summed E-state index contributed by atoms with van der Waals surface area (Å²) in [4.78, 5) is 0. The van der Waals surface area contributed by atoms with Gasteiger partial charge in [0.25, 0.3) is 0 Å². The Kier molecular flexibility index (Phi) is 3.94. The normalized spacial score (nSPS) is 12.6. The largest absolute Gasteiger partial charge is 0.308 e. The minimum absolute atomic E-state index is 0.412. The molecule has 0 aliphatic carbocycles. The Bertz CT molecular complexity index is 448. The van der Waals surface area contributed by atoms with Gasteiger partial charge in [-0.2, -0.15) is 5.10 Å². The summed E-state index contributed by atoms with van der Waals surface area (Å²) in [5.41, 5.74) is 2.64. The van der Waals surface area contributed by atoms with E-state index in [0.717, 1.165) is 13.1 Å². The van der Waals surface area contributed by atoms with Crippen molar-refractivity contribution >= 4 is 0 Å². The van der Waals surface area contributed by atoms with E-state index in [-0.39, 0.29) is 0 Å². The van der Waals surface area contributed by atoms with Crippen LogP contribution in [0.1, 0.15) is 18.1 Å². The zero-order chi connectivity index (χ0) is 12.1. The van der Waals surface area contributed by atoms with Gasteiger partial charge in [-0.25, -0.2) is 0 Å². The molecule has 0 amide bonds. The van der Waals surface area contributed by atoms with Gasteiger partial charge in [-0.15, -0.1) is 0 Å². The molecule has 1 aromatic heterocycles. The molecule has 1 N–H and O–H groups in total. The van der Waals surface area contributed by atoms with Crippen molar-refractivity contribution in [3.63, 3.8) is 0 Å². The van der Waals surface area contributed by atoms with Crippen molar-refractivity contribution < 1.29 is 0 Å². The first kappa shape index (κ1) is 11.9. The zero-order valence-electron chi connectivity index (χ0n) is 10.4. The summed E-state index contributed by atoms with van der Waals surface area (Å²) in [6.45, 7) is 6.11. The van der Waals surface area contributed by atoms with Crippen LogP contribution in [0.3, 0.4) is 0 Å². The quantitative estimate of drug-likeness (QED) is 0.853. The summed E-state index contributed by atoms with van der Waals surface area (Å²) in [5, 5.41) is 7.71. The Balaban J connectivity index is 1.82. The van der Waals surface area contributed by atoms with Crippen LogP contribution in [-0.2, 0) is 13.1 Å². The minimum Gasteiger partial charge on any atom is -0.308 e. The molecule has 2 rings (SSSR count). The SMILES string of the molecule is Cc1cccc(CNC(C)Cn2cccn2)c1. The van der Waals surface area contributed by atoms with Gasteiger partial charge in [0.05, 0.1) is 6.54 Å². The van der Waals surface area contributed by atoms with Crippen LogP contribution >= 0.6 is 0 Å². The molecule has 0 spiro atoms. The lowest BCUT2D eigenvalue weighted by Gasteiger charge is -2.14. The molecule has 1 atom stereocenters. The van der Waals surface area contributed by atoms with Crippen LogP contribution in [0.4, 0.5) is 0 Å². The molecule has 1 heterocycles. The van der Waals surface area contributed by atoms with Crippen molar-refractivity contribution in [2.45, 2.75) is 33.0 Å². The van der Waals surface area contributed by atoms with E-state index in [1.54, 1.807) is 0 Å². The number of hydrogen-bond acceptors (Lipinski definition) is 2. The summed E-state index contributed by atoms with van der Waals surface area (Å²) in [7, 11) is 0. The van der Waals surface area contributed by atoms with E-state index in [0.29, 0.717) is 6.04 Å². The van der Waals surface area contributed by atoms with Crippen LogP contribution in [0.2, 0.25) is 0 Å². The van der Waals surface area contributed by atoms with Gasteiger partial charge in [-0.3, -0.25) is 4.68 Å². The maximum Gasteiger partial charge on any atom is 0.0560 e. The maximum absolute atomic E-state index is 4.20. The third kappa shape index (κ3) is 3.71. The fraction of sp³-hybridized carbons (Fsp3) is 0.357. The van der Waals surface area contributed by atoms with Crippen LogP contribution in [-0.4, -0.2) is 15.8 Å². The van der Waals surface area contributed by atoms with E-state index < -0.39 is 0 Å². The lowest BCUT2D eigenvalue weighted by Crippen LogP contribution is -2.30. The van der Waals surface area contributed by atoms with Crippen LogP contribution in [0.15, 0.2) is 42.7 Å². The van der Waals surface area contributed by atoms with Gasteiger partial charge in [0.1, 0.15) is 0 Å². The third-order valence-electron chi connectivity index (χ3n) is 2.76. The van der Waals surface area contributed by atoms with Crippen LogP contribution in [0.5, 0.6) is 0 Å². The fourth-order valence-electron chi connectivity index (χ4n) is 1.87. The van der Waals surface area contributed by atoms with Gasteiger partial charge in [0.15, 0.2) is 0 Å². The Morgan fingerprint density at radius 2 is 2.24 bits per heavy atom. The fourth-order valence-corrected chi connectivity index (χ4v) is 1.87. The van der Waals surface area contributed by atoms with Crippen LogP contribution < -0.4 is 5.32 Å². The lowest BCUT2D eigenvalue weighted by molar-refractivity contribution is 0.451. The first-order valence-electron chi connectivity index (χ1n) is 6.00. The van der Waals surface area contributed by atoms with Crippen molar-refractivity contribution in [3.8, 4) is 0 Å². The van der Waals surface area contributed by atoms with Crippen molar-refractivity contribution in [3.05, 3.63) is 53.9 Å². The van der Waals surface area contributed by atoms with Gasteiger partial charge in [0, 0.05) is 25.0 Å². The zero-order valence-corrected chi connectivity index (χ0v) is 10.4. The highest BCUT2D eigenvalue weighted by molar-refractivity contribution is 5.21. The van der Waals surface area contributed by atoms with Gasteiger partial charge >= 0.3 is 0 Å². The Morgan fingerprint density at radius 3 is 2.94 bits per heavy atom. The molecule has 3 nitrogen and oxygen atoms in total. The molecular weight excluding hydrogens is 210 g/mol. The molecule has 90 valence electrons. The molecule has 1 aromatic carbocycles. The molecule has 17 heavy (non-hydrogen) atoms. The predicted octanol–water partition coefficient (Wildman–Crippen LogP) is 2.37. The maximum atomic E-state index is 4.20. The second-order valence-electron chi connectivity index (χ2n) is 4.50. The van der Waals surface area contributed by atoms with E-state index in [4.69, 9.17) is 0 Å².